The van der Waals surface area contributed by atoms with E-state index in [1.807, 2.05) is 18.2 Å². The number of aryl methyl sites for hydroxylation is 1. The zero-order chi connectivity index (χ0) is 13.5. The standard InChI is InChI=1S/C14H18O4/c1-4-11-5-6-12(13(9-11)17-3)18-8-7-10(2)14(15)16/h5-7,9H,4,8H2,1-3H3,(H,15,16)/b10-7-. The molecule has 0 aliphatic carbocycles. The van der Waals surface area contributed by atoms with Gasteiger partial charge in [0.15, 0.2) is 11.5 Å². The topological polar surface area (TPSA) is 55.8 Å². The van der Waals surface area contributed by atoms with E-state index >= 15 is 0 Å². The molecule has 0 saturated carbocycles. The summed E-state index contributed by atoms with van der Waals surface area (Å²) in [6.07, 6.45) is 2.45. The molecule has 0 atom stereocenters. The van der Waals surface area contributed by atoms with Crippen LogP contribution >= 0.6 is 0 Å². The molecule has 98 valence electrons. The van der Waals surface area contributed by atoms with Gasteiger partial charge in [-0.05, 0) is 37.1 Å². The Balaban J connectivity index is 2.73. The highest BCUT2D eigenvalue weighted by Crippen LogP contribution is 2.28. The molecule has 0 fully saturated rings. The minimum absolute atomic E-state index is 0.208. The summed E-state index contributed by atoms with van der Waals surface area (Å²) in [5.74, 6) is 0.340. The first kappa shape index (κ1) is 14.1. The van der Waals surface area contributed by atoms with E-state index in [-0.39, 0.29) is 12.2 Å². The zero-order valence-corrected chi connectivity index (χ0v) is 10.9. The Bertz CT molecular complexity index is 449. The van der Waals surface area contributed by atoms with Gasteiger partial charge in [0.1, 0.15) is 6.61 Å². The predicted octanol–water partition coefficient (Wildman–Crippen LogP) is 2.67. The molecule has 0 unspecified atom stereocenters. The van der Waals surface area contributed by atoms with E-state index in [1.54, 1.807) is 7.11 Å². The van der Waals surface area contributed by atoms with Crippen LogP contribution in [0.2, 0.25) is 0 Å². The summed E-state index contributed by atoms with van der Waals surface area (Å²) in [5.41, 5.74) is 1.43. The van der Waals surface area contributed by atoms with Crippen molar-refractivity contribution in [1.29, 1.82) is 0 Å². The van der Waals surface area contributed by atoms with Crippen LogP contribution in [-0.4, -0.2) is 24.8 Å². The average Bonchev–Trinajstić information content (AvgIpc) is 2.38. The molecule has 4 nitrogen and oxygen atoms in total. The molecule has 1 rings (SSSR count). The van der Waals surface area contributed by atoms with Crippen molar-refractivity contribution >= 4 is 5.97 Å². The minimum atomic E-state index is -0.938. The number of carbonyl (C=O) groups is 1. The third-order valence-electron chi connectivity index (χ3n) is 2.60. The van der Waals surface area contributed by atoms with Crippen LogP contribution in [-0.2, 0) is 11.2 Å². The molecular weight excluding hydrogens is 232 g/mol. The van der Waals surface area contributed by atoms with Crippen molar-refractivity contribution in [2.24, 2.45) is 0 Å². The molecule has 0 bridgehead atoms. The Hall–Kier alpha value is -1.97. The fourth-order valence-electron chi connectivity index (χ4n) is 1.39. The number of benzene rings is 1. The molecule has 0 heterocycles. The monoisotopic (exact) mass is 250 g/mol. The molecule has 0 saturated heterocycles. The summed E-state index contributed by atoms with van der Waals surface area (Å²) >= 11 is 0. The minimum Gasteiger partial charge on any atom is -0.493 e. The molecule has 0 aliphatic rings. The van der Waals surface area contributed by atoms with Gasteiger partial charge >= 0.3 is 5.97 Å². The quantitative estimate of drug-likeness (QED) is 0.789. The first-order valence-electron chi connectivity index (χ1n) is 5.78. The van der Waals surface area contributed by atoms with Crippen molar-refractivity contribution < 1.29 is 19.4 Å². The summed E-state index contributed by atoms with van der Waals surface area (Å²) in [6, 6.07) is 5.72. The van der Waals surface area contributed by atoms with Crippen molar-refractivity contribution in [3.8, 4) is 11.5 Å². The third-order valence-corrected chi connectivity index (χ3v) is 2.60. The summed E-state index contributed by atoms with van der Waals surface area (Å²) in [6.45, 7) is 3.80. The highest BCUT2D eigenvalue weighted by Gasteiger charge is 2.05. The lowest BCUT2D eigenvalue weighted by molar-refractivity contribution is -0.132. The number of ether oxygens (including phenoxy) is 2. The largest absolute Gasteiger partial charge is 0.493 e. The second kappa shape index (κ2) is 6.69. The van der Waals surface area contributed by atoms with Gasteiger partial charge in [-0.1, -0.05) is 13.0 Å². The van der Waals surface area contributed by atoms with Crippen LogP contribution < -0.4 is 9.47 Å². The lowest BCUT2D eigenvalue weighted by Gasteiger charge is -2.10. The molecule has 0 aliphatic heterocycles. The van der Waals surface area contributed by atoms with E-state index < -0.39 is 5.97 Å². The van der Waals surface area contributed by atoms with Crippen LogP contribution in [0.4, 0.5) is 0 Å². The normalized spacial score (nSPS) is 11.2. The van der Waals surface area contributed by atoms with Gasteiger partial charge in [0.05, 0.1) is 7.11 Å². The lowest BCUT2D eigenvalue weighted by Crippen LogP contribution is -2.01. The van der Waals surface area contributed by atoms with Gasteiger partial charge in [0.25, 0.3) is 0 Å². The van der Waals surface area contributed by atoms with Crippen LogP contribution in [0.1, 0.15) is 19.4 Å². The van der Waals surface area contributed by atoms with Crippen molar-refractivity contribution in [1.82, 2.24) is 0 Å². The van der Waals surface area contributed by atoms with E-state index in [0.29, 0.717) is 11.5 Å². The number of hydrogen-bond acceptors (Lipinski definition) is 3. The van der Waals surface area contributed by atoms with Gasteiger partial charge in [0, 0.05) is 5.57 Å². The Labute approximate surface area is 107 Å². The fourth-order valence-corrected chi connectivity index (χ4v) is 1.39. The van der Waals surface area contributed by atoms with Crippen LogP contribution in [0.15, 0.2) is 29.8 Å². The fraction of sp³-hybridized carbons (Fsp3) is 0.357. The Morgan fingerprint density at radius 2 is 2.11 bits per heavy atom. The highest BCUT2D eigenvalue weighted by atomic mass is 16.5. The third kappa shape index (κ3) is 3.80. The maximum absolute atomic E-state index is 10.6. The van der Waals surface area contributed by atoms with Gasteiger partial charge in [-0.3, -0.25) is 0 Å². The summed E-state index contributed by atoms with van der Waals surface area (Å²) in [5, 5.41) is 8.70. The molecule has 0 spiro atoms. The van der Waals surface area contributed by atoms with Crippen molar-refractivity contribution in [2.45, 2.75) is 20.3 Å². The smallest absolute Gasteiger partial charge is 0.331 e. The maximum atomic E-state index is 10.6. The van der Waals surface area contributed by atoms with E-state index in [9.17, 15) is 4.79 Å². The molecular formula is C14H18O4. The molecule has 18 heavy (non-hydrogen) atoms. The first-order valence-corrected chi connectivity index (χ1v) is 5.78. The van der Waals surface area contributed by atoms with Crippen molar-refractivity contribution in [2.75, 3.05) is 13.7 Å². The van der Waals surface area contributed by atoms with Crippen molar-refractivity contribution in [3.05, 3.63) is 35.4 Å². The Morgan fingerprint density at radius 3 is 2.67 bits per heavy atom. The predicted molar refractivity (Wildman–Crippen MR) is 69.3 cm³/mol. The number of carboxylic acid groups (broad SMARTS) is 1. The lowest BCUT2D eigenvalue weighted by atomic mass is 10.1. The van der Waals surface area contributed by atoms with E-state index in [2.05, 4.69) is 6.92 Å². The molecule has 0 aromatic heterocycles. The number of methoxy groups -OCH3 is 1. The summed E-state index contributed by atoms with van der Waals surface area (Å²) in [4.78, 5) is 10.6. The van der Waals surface area contributed by atoms with Gasteiger partial charge in [-0.2, -0.15) is 0 Å². The van der Waals surface area contributed by atoms with Crippen LogP contribution in [0.5, 0.6) is 11.5 Å². The molecule has 1 aromatic rings. The van der Waals surface area contributed by atoms with Crippen LogP contribution in [0.3, 0.4) is 0 Å². The number of rotatable bonds is 6. The number of hydrogen-bond donors (Lipinski definition) is 1. The van der Waals surface area contributed by atoms with Crippen LogP contribution in [0, 0.1) is 0 Å². The highest BCUT2D eigenvalue weighted by molar-refractivity contribution is 5.85. The molecule has 0 amide bonds. The Morgan fingerprint density at radius 1 is 1.39 bits per heavy atom. The molecule has 0 radical (unpaired) electrons. The van der Waals surface area contributed by atoms with Gasteiger partial charge in [-0.25, -0.2) is 4.79 Å². The zero-order valence-electron chi connectivity index (χ0n) is 10.9. The second-order valence-corrected chi connectivity index (χ2v) is 3.84. The first-order chi connectivity index (χ1) is 8.58. The molecule has 1 aromatic carbocycles. The summed E-state index contributed by atoms with van der Waals surface area (Å²) < 4.78 is 10.7. The van der Waals surface area contributed by atoms with E-state index in [1.165, 1.54) is 13.0 Å². The van der Waals surface area contributed by atoms with Gasteiger partial charge in [-0.15, -0.1) is 0 Å². The second-order valence-electron chi connectivity index (χ2n) is 3.84. The SMILES string of the molecule is CCc1ccc(OC/C=C(/C)C(=O)O)c(OC)c1. The molecule has 4 heteroatoms. The number of carboxylic acids is 1. The molecule has 1 N–H and O–H groups in total. The van der Waals surface area contributed by atoms with E-state index in [4.69, 9.17) is 14.6 Å². The van der Waals surface area contributed by atoms with E-state index in [0.717, 1.165) is 12.0 Å². The maximum Gasteiger partial charge on any atom is 0.331 e. The van der Waals surface area contributed by atoms with Gasteiger partial charge < -0.3 is 14.6 Å². The average molecular weight is 250 g/mol. The van der Waals surface area contributed by atoms with Crippen molar-refractivity contribution in [3.63, 3.8) is 0 Å². The number of aliphatic carboxylic acids is 1. The van der Waals surface area contributed by atoms with Crippen LogP contribution in [0.25, 0.3) is 0 Å². The summed E-state index contributed by atoms with van der Waals surface area (Å²) in [7, 11) is 1.58. The Kier molecular flexibility index (Phi) is 5.24. The van der Waals surface area contributed by atoms with Gasteiger partial charge in [0.2, 0.25) is 0 Å².